The summed E-state index contributed by atoms with van der Waals surface area (Å²) in [5.74, 6) is 6.32. The molecule has 1 fully saturated rings. The van der Waals surface area contributed by atoms with Crippen molar-refractivity contribution in [3.63, 3.8) is 0 Å². The normalized spacial score (nSPS) is 19.0. The molecule has 0 unspecified atom stereocenters. The largest absolute Gasteiger partial charge is 0.444 e. The van der Waals surface area contributed by atoms with Gasteiger partial charge in [0.1, 0.15) is 11.2 Å². The van der Waals surface area contributed by atoms with Gasteiger partial charge in [0.05, 0.1) is 13.1 Å². The lowest BCUT2D eigenvalue weighted by Gasteiger charge is -2.45. The zero-order valence-electron chi connectivity index (χ0n) is 18.0. The van der Waals surface area contributed by atoms with E-state index in [1.807, 2.05) is 47.6 Å². The van der Waals surface area contributed by atoms with Crippen LogP contribution in [-0.4, -0.2) is 72.1 Å². The summed E-state index contributed by atoms with van der Waals surface area (Å²) in [5, 5.41) is 0. The van der Waals surface area contributed by atoms with Crippen LogP contribution in [0.1, 0.15) is 48.0 Å². The van der Waals surface area contributed by atoms with Crippen molar-refractivity contribution in [1.29, 1.82) is 0 Å². The second-order valence-electron chi connectivity index (χ2n) is 9.19. The quantitative estimate of drug-likeness (QED) is 0.641. The number of carbonyl (C=O) groups excluding carboxylic acids is 2. The van der Waals surface area contributed by atoms with Crippen molar-refractivity contribution in [1.82, 2.24) is 9.80 Å². The second kappa shape index (κ2) is 8.04. The molecule has 0 saturated carbocycles. The number of amides is 2. The highest BCUT2D eigenvalue weighted by molar-refractivity contribution is 5.70. The van der Waals surface area contributed by atoms with Crippen LogP contribution in [0.4, 0.5) is 9.59 Å². The number of carbonyl (C=O) groups is 2. The molecule has 7 nitrogen and oxygen atoms in total. The third-order valence-corrected chi connectivity index (χ3v) is 4.25. The van der Waals surface area contributed by atoms with Gasteiger partial charge in [-0.2, -0.15) is 0 Å². The summed E-state index contributed by atoms with van der Waals surface area (Å²) in [5.41, 5.74) is -0.733. The first kappa shape index (κ1) is 22.1. The minimum Gasteiger partial charge on any atom is -0.444 e. The monoisotopic (exact) mass is 392 g/mol. The van der Waals surface area contributed by atoms with E-state index in [2.05, 4.69) is 11.8 Å². The Balaban J connectivity index is 1.91. The third kappa shape index (κ3) is 6.16. The van der Waals surface area contributed by atoms with Gasteiger partial charge < -0.3 is 24.0 Å². The summed E-state index contributed by atoms with van der Waals surface area (Å²) in [6, 6.07) is 0. The molecule has 0 aromatic heterocycles. The SMILES string of the molecule is COC1(C#CC2=CCN(C(=O)OC(C)(C)C)CC2)CN(C(=O)OC(C)(C)C)C1. The summed E-state index contributed by atoms with van der Waals surface area (Å²) >= 11 is 0. The zero-order chi connectivity index (χ0) is 21.2. The molecular weight excluding hydrogens is 360 g/mol. The van der Waals surface area contributed by atoms with E-state index in [0.29, 0.717) is 32.6 Å². The van der Waals surface area contributed by atoms with Crippen LogP contribution in [0.25, 0.3) is 0 Å². The van der Waals surface area contributed by atoms with E-state index < -0.39 is 16.8 Å². The van der Waals surface area contributed by atoms with Crippen molar-refractivity contribution < 1.29 is 23.8 Å². The molecule has 0 bridgehead atoms. The first-order chi connectivity index (χ1) is 12.8. The summed E-state index contributed by atoms with van der Waals surface area (Å²) in [6.07, 6.45) is 1.94. The standard InChI is InChI=1S/C21H32N2O5/c1-19(2,3)27-17(24)22-12-9-16(10-13-22)8-11-21(26-7)14-23(15-21)18(25)28-20(4,5)6/h9H,10,12-15H2,1-7H3. The van der Waals surface area contributed by atoms with Crippen LogP contribution in [0, 0.1) is 11.8 Å². The van der Waals surface area contributed by atoms with Gasteiger partial charge in [0.15, 0.2) is 5.60 Å². The van der Waals surface area contributed by atoms with Gasteiger partial charge in [0, 0.05) is 25.8 Å². The van der Waals surface area contributed by atoms with Gasteiger partial charge in [-0.05, 0) is 48.0 Å². The van der Waals surface area contributed by atoms with E-state index in [-0.39, 0.29) is 12.2 Å². The van der Waals surface area contributed by atoms with Gasteiger partial charge in [-0.1, -0.05) is 17.9 Å². The molecule has 7 heteroatoms. The number of nitrogens with zero attached hydrogens (tertiary/aromatic N) is 2. The minimum absolute atomic E-state index is 0.309. The van der Waals surface area contributed by atoms with Crippen molar-refractivity contribution in [3.05, 3.63) is 11.6 Å². The topological polar surface area (TPSA) is 68.3 Å². The van der Waals surface area contributed by atoms with Crippen LogP contribution in [0.15, 0.2) is 11.6 Å². The summed E-state index contributed by atoms with van der Waals surface area (Å²) in [7, 11) is 1.60. The Hall–Kier alpha value is -2.20. The Morgan fingerprint density at radius 3 is 1.96 bits per heavy atom. The van der Waals surface area contributed by atoms with Gasteiger partial charge in [-0.25, -0.2) is 9.59 Å². The smallest absolute Gasteiger partial charge is 0.410 e. The predicted molar refractivity (Wildman–Crippen MR) is 106 cm³/mol. The lowest BCUT2D eigenvalue weighted by Crippen LogP contribution is -2.64. The molecule has 0 radical (unpaired) electrons. The van der Waals surface area contributed by atoms with Crippen LogP contribution in [0.3, 0.4) is 0 Å². The molecule has 0 N–H and O–H groups in total. The molecule has 2 heterocycles. The lowest BCUT2D eigenvalue weighted by atomic mass is 9.94. The van der Waals surface area contributed by atoms with Crippen molar-refractivity contribution in [2.45, 2.75) is 64.8 Å². The number of rotatable bonds is 1. The van der Waals surface area contributed by atoms with Gasteiger partial charge in [-0.3, -0.25) is 0 Å². The molecule has 2 aliphatic rings. The molecule has 0 aromatic carbocycles. The van der Waals surface area contributed by atoms with Crippen molar-refractivity contribution in [2.24, 2.45) is 0 Å². The first-order valence-electron chi connectivity index (χ1n) is 9.56. The lowest BCUT2D eigenvalue weighted by molar-refractivity contribution is -0.0851. The van der Waals surface area contributed by atoms with Crippen LogP contribution in [-0.2, 0) is 14.2 Å². The summed E-state index contributed by atoms with van der Waals surface area (Å²) in [4.78, 5) is 27.4. The maximum atomic E-state index is 12.1. The van der Waals surface area contributed by atoms with E-state index in [9.17, 15) is 9.59 Å². The molecule has 2 rings (SSSR count). The minimum atomic E-state index is -0.667. The van der Waals surface area contributed by atoms with E-state index >= 15 is 0 Å². The molecule has 2 amide bonds. The average Bonchev–Trinajstić information content (AvgIpc) is 2.51. The fraction of sp³-hybridized carbons (Fsp3) is 0.714. The van der Waals surface area contributed by atoms with Crippen LogP contribution in [0.5, 0.6) is 0 Å². The molecular formula is C21H32N2O5. The number of ether oxygens (including phenoxy) is 3. The third-order valence-electron chi connectivity index (χ3n) is 4.25. The predicted octanol–water partition coefficient (Wildman–Crippen LogP) is 3.19. The Bertz CT molecular complexity index is 697. The maximum absolute atomic E-state index is 12.1. The summed E-state index contributed by atoms with van der Waals surface area (Å²) in [6.45, 7) is 12.9. The summed E-state index contributed by atoms with van der Waals surface area (Å²) < 4.78 is 16.3. The Morgan fingerprint density at radius 1 is 1.00 bits per heavy atom. The van der Waals surface area contributed by atoms with Gasteiger partial charge in [-0.15, -0.1) is 0 Å². The average molecular weight is 392 g/mol. The Morgan fingerprint density at radius 2 is 1.54 bits per heavy atom. The highest BCUT2D eigenvalue weighted by atomic mass is 16.6. The molecule has 156 valence electrons. The first-order valence-corrected chi connectivity index (χ1v) is 9.56. The Kier molecular flexibility index (Phi) is 6.34. The zero-order valence-corrected chi connectivity index (χ0v) is 18.0. The van der Waals surface area contributed by atoms with Crippen molar-refractivity contribution >= 4 is 12.2 Å². The van der Waals surface area contributed by atoms with Crippen LogP contribution < -0.4 is 0 Å². The number of methoxy groups -OCH3 is 1. The number of hydrogen-bond acceptors (Lipinski definition) is 5. The molecule has 1 saturated heterocycles. The molecule has 0 aliphatic carbocycles. The highest BCUT2D eigenvalue weighted by Gasteiger charge is 2.46. The number of likely N-dealkylation sites (tertiary alicyclic amines) is 1. The second-order valence-corrected chi connectivity index (χ2v) is 9.19. The van der Waals surface area contributed by atoms with E-state index in [4.69, 9.17) is 14.2 Å². The van der Waals surface area contributed by atoms with Gasteiger partial charge >= 0.3 is 12.2 Å². The fourth-order valence-electron chi connectivity index (χ4n) is 2.75. The van der Waals surface area contributed by atoms with Crippen LogP contribution in [0.2, 0.25) is 0 Å². The molecule has 2 aliphatic heterocycles. The Labute approximate surface area is 168 Å². The highest BCUT2D eigenvalue weighted by Crippen LogP contribution is 2.26. The molecule has 28 heavy (non-hydrogen) atoms. The van der Waals surface area contributed by atoms with Crippen molar-refractivity contribution in [2.75, 3.05) is 33.3 Å². The molecule has 0 spiro atoms. The number of hydrogen-bond donors (Lipinski definition) is 0. The van der Waals surface area contributed by atoms with Crippen LogP contribution >= 0.6 is 0 Å². The van der Waals surface area contributed by atoms with Gasteiger partial charge in [0.2, 0.25) is 0 Å². The molecule has 0 atom stereocenters. The van der Waals surface area contributed by atoms with E-state index in [1.54, 1.807) is 16.9 Å². The fourth-order valence-corrected chi connectivity index (χ4v) is 2.75. The molecule has 0 aromatic rings. The van der Waals surface area contributed by atoms with Gasteiger partial charge in [0.25, 0.3) is 0 Å². The van der Waals surface area contributed by atoms with Crippen molar-refractivity contribution in [3.8, 4) is 11.8 Å². The maximum Gasteiger partial charge on any atom is 0.410 e. The van der Waals surface area contributed by atoms with E-state index in [0.717, 1.165) is 5.57 Å². The van der Waals surface area contributed by atoms with E-state index in [1.165, 1.54) is 0 Å².